The summed E-state index contributed by atoms with van der Waals surface area (Å²) in [7, 11) is 0. The standard InChI is InChI=1S/C21H25N3O5/c1-3-23-20(26)14(2)28-19(25)13-18(24-21(22)27)15-8-7-11-17(12-15)29-16-9-5-4-6-10-16/h4-12,14,18H,3,13H2,1-2H3,(H,23,26)(H3,22,24,27)/t14-,18-/m0/s1. The summed E-state index contributed by atoms with van der Waals surface area (Å²) in [5.74, 6) is 0.156. The van der Waals surface area contributed by atoms with E-state index < -0.39 is 30.1 Å². The molecule has 2 atom stereocenters. The first-order chi connectivity index (χ1) is 13.9. The van der Waals surface area contributed by atoms with Crippen LogP contribution in [-0.4, -0.2) is 30.6 Å². The van der Waals surface area contributed by atoms with Gasteiger partial charge in [0, 0.05) is 6.54 Å². The lowest BCUT2D eigenvalue weighted by atomic mass is 10.0. The van der Waals surface area contributed by atoms with Gasteiger partial charge in [0.1, 0.15) is 11.5 Å². The van der Waals surface area contributed by atoms with Crippen molar-refractivity contribution in [2.24, 2.45) is 5.73 Å². The number of urea groups is 1. The van der Waals surface area contributed by atoms with Gasteiger partial charge in [0.25, 0.3) is 5.91 Å². The van der Waals surface area contributed by atoms with Crippen molar-refractivity contribution in [2.75, 3.05) is 6.54 Å². The van der Waals surface area contributed by atoms with E-state index in [0.29, 0.717) is 23.6 Å². The molecule has 0 unspecified atom stereocenters. The summed E-state index contributed by atoms with van der Waals surface area (Å²) in [5, 5.41) is 5.10. The number of benzene rings is 2. The molecule has 154 valence electrons. The average Bonchev–Trinajstić information content (AvgIpc) is 2.68. The molecule has 0 aliphatic carbocycles. The van der Waals surface area contributed by atoms with Crippen LogP contribution in [0.5, 0.6) is 11.5 Å². The van der Waals surface area contributed by atoms with Gasteiger partial charge in [0.2, 0.25) is 0 Å². The van der Waals surface area contributed by atoms with Gasteiger partial charge in [-0.3, -0.25) is 9.59 Å². The van der Waals surface area contributed by atoms with Gasteiger partial charge >= 0.3 is 12.0 Å². The number of para-hydroxylation sites is 1. The Balaban J connectivity index is 2.11. The molecule has 0 aliphatic rings. The van der Waals surface area contributed by atoms with Gasteiger partial charge in [-0.15, -0.1) is 0 Å². The first-order valence-electron chi connectivity index (χ1n) is 9.25. The molecule has 2 rings (SSSR count). The molecule has 8 nitrogen and oxygen atoms in total. The highest BCUT2D eigenvalue weighted by molar-refractivity contribution is 5.83. The number of primary amides is 1. The maximum atomic E-state index is 12.3. The van der Waals surface area contributed by atoms with Crippen LogP contribution in [0.2, 0.25) is 0 Å². The maximum absolute atomic E-state index is 12.3. The van der Waals surface area contributed by atoms with E-state index in [0.717, 1.165) is 0 Å². The van der Waals surface area contributed by atoms with Crippen LogP contribution >= 0.6 is 0 Å². The lowest BCUT2D eigenvalue weighted by Crippen LogP contribution is -2.38. The summed E-state index contributed by atoms with van der Waals surface area (Å²) in [5.41, 5.74) is 5.87. The fourth-order valence-corrected chi connectivity index (χ4v) is 2.63. The molecule has 0 aliphatic heterocycles. The van der Waals surface area contributed by atoms with Gasteiger partial charge in [-0.2, -0.15) is 0 Å². The Hall–Kier alpha value is -3.55. The second-order valence-electron chi connectivity index (χ2n) is 6.28. The van der Waals surface area contributed by atoms with Crippen molar-refractivity contribution in [2.45, 2.75) is 32.4 Å². The van der Waals surface area contributed by atoms with Crippen molar-refractivity contribution in [3.8, 4) is 11.5 Å². The number of likely N-dealkylation sites (N-methyl/N-ethyl adjacent to an activating group) is 1. The molecule has 4 N–H and O–H groups in total. The number of carbonyl (C=O) groups is 3. The Morgan fingerprint density at radius 3 is 2.38 bits per heavy atom. The number of nitrogens with one attached hydrogen (secondary N) is 2. The number of hydrogen-bond acceptors (Lipinski definition) is 5. The molecule has 0 fully saturated rings. The fraction of sp³-hybridized carbons (Fsp3) is 0.286. The quantitative estimate of drug-likeness (QED) is 0.560. The molecule has 0 aromatic heterocycles. The zero-order chi connectivity index (χ0) is 21.2. The van der Waals surface area contributed by atoms with Crippen LogP contribution in [0, 0.1) is 0 Å². The molecule has 0 bridgehead atoms. The highest BCUT2D eigenvalue weighted by Gasteiger charge is 2.22. The molecule has 0 saturated heterocycles. The van der Waals surface area contributed by atoms with E-state index in [-0.39, 0.29) is 6.42 Å². The van der Waals surface area contributed by atoms with E-state index >= 15 is 0 Å². The summed E-state index contributed by atoms with van der Waals surface area (Å²) in [6.45, 7) is 3.68. The maximum Gasteiger partial charge on any atom is 0.312 e. The molecule has 0 saturated carbocycles. The van der Waals surface area contributed by atoms with Gasteiger partial charge in [-0.1, -0.05) is 30.3 Å². The minimum atomic E-state index is -0.940. The minimum Gasteiger partial charge on any atom is -0.457 e. The van der Waals surface area contributed by atoms with Crippen molar-refractivity contribution in [3.63, 3.8) is 0 Å². The van der Waals surface area contributed by atoms with Crippen molar-refractivity contribution in [3.05, 3.63) is 60.2 Å². The monoisotopic (exact) mass is 399 g/mol. The van der Waals surface area contributed by atoms with Crippen LogP contribution in [0.1, 0.15) is 31.9 Å². The number of amides is 3. The number of carbonyl (C=O) groups excluding carboxylic acids is 3. The van der Waals surface area contributed by atoms with E-state index in [4.69, 9.17) is 15.2 Å². The number of rotatable bonds is 9. The van der Waals surface area contributed by atoms with Crippen LogP contribution in [0.3, 0.4) is 0 Å². The van der Waals surface area contributed by atoms with E-state index in [1.165, 1.54) is 6.92 Å². The zero-order valence-electron chi connectivity index (χ0n) is 16.4. The predicted octanol–water partition coefficient (Wildman–Crippen LogP) is 2.65. The normalized spacial score (nSPS) is 12.3. The van der Waals surface area contributed by atoms with Gasteiger partial charge in [0.05, 0.1) is 12.5 Å². The summed E-state index contributed by atoms with van der Waals surface area (Å²) >= 11 is 0. The predicted molar refractivity (Wildman–Crippen MR) is 107 cm³/mol. The Bertz CT molecular complexity index is 841. The largest absolute Gasteiger partial charge is 0.457 e. The summed E-state index contributed by atoms with van der Waals surface area (Å²) in [6.07, 6.45) is -1.13. The lowest BCUT2D eigenvalue weighted by molar-refractivity contribution is -0.155. The highest BCUT2D eigenvalue weighted by Crippen LogP contribution is 2.26. The second-order valence-corrected chi connectivity index (χ2v) is 6.28. The van der Waals surface area contributed by atoms with Crippen molar-refractivity contribution < 1.29 is 23.9 Å². The topological polar surface area (TPSA) is 120 Å². The van der Waals surface area contributed by atoms with E-state index in [2.05, 4.69) is 10.6 Å². The van der Waals surface area contributed by atoms with Gasteiger partial charge in [0.15, 0.2) is 6.10 Å². The molecule has 2 aromatic carbocycles. The number of nitrogens with two attached hydrogens (primary N) is 1. The third kappa shape index (κ3) is 7.17. The number of hydrogen-bond donors (Lipinski definition) is 3. The number of ether oxygens (including phenoxy) is 2. The highest BCUT2D eigenvalue weighted by atomic mass is 16.5. The second kappa shape index (κ2) is 10.7. The van der Waals surface area contributed by atoms with E-state index in [9.17, 15) is 14.4 Å². The first kappa shape index (κ1) is 21.7. The molecule has 0 spiro atoms. The summed E-state index contributed by atoms with van der Waals surface area (Å²) in [6, 6.07) is 14.6. The summed E-state index contributed by atoms with van der Waals surface area (Å²) < 4.78 is 10.9. The fourth-order valence-electron chi connectivity index (χ4n) is 2.63. The Labute approximate surface area is 169 Å². The number of esters is 1. The van der Waals surface area contributed by atoms with Crippen molar-refractivity contribution in [1.82, 2.24) is 10.6 Å². The molecular weight excluding hydrogens is 374 g/mol. The molecule has 3 amide bonds. The SMILES string of the molecule is CCNC(=O)[C@H](C)OC(=O)C[C@H](NC(N)=O)c1cccc(Oc2ccccc2)c1. The third-order valence-electron chi connectivity index (χ3n) is 3.96. The van der Waals surface area contributed by atoms with Gasteiger partial charge in [-0.25, -0.2) is 4.79 Å². The molecular formula is C21H25N3O5. The molecule has 0 radical (unpaired) electrons. The Morgan fingerprint density at radius 2 is 1.72 bits per heavy atom. The van der Waals surface area contributed by atoms with E-state index in [1.807, 2.05) is 30.3 Å². The third-order valence-corrected chi connectivity index (χ3v) is 3.96. The van der Waals surface area contributed by atoms with Crippen LogP contribution in [-0.2, 0) is 14.3 Å². The minimum absolute atomic E-state index is 0.193. The zero-order valence-corrected chi connectivity index (χ0v) is 16.4. The van der Waals surface area contributed by atoms with Crippen LogP contribution in [0.15, 0.2) is 54.6 Å². The summed E-state index contributed by atoms with van der Waals surface area (Å²) in [4.78, 5) is 35.4. The molecule has 29 heavy (non-hydrogen) atoms. The molecule has 0 heterocycles. The van der Waals surface area contributed by atoms with Gasteiger partial charge in [-0.05, 0) is 43.7 Å². The van der Waals surface area contributed by atoms with Crippen molar-refractivity contribution in [1.29, 1.82) is 0 Å². The molecule has 8 heteroatoms. The van der Waals surface area contributed by atoms with E-state index in [1.54, 1.807) is 31.2 Å². The average molecular weight is 399 g/mol. The Kier molecular flexibility index (Phi) is 8.02. The van der Waals surface area contributed by atoms with Crippen LogP contribution in [0.4, 0.5) is 4.79 Å². The van der Waals surface area contributed by atoms with Gasteiger partial charge < -0.3 is 25.8 Å². The van der Waals surface area contributed by atoms with Crippen LogP contribution in [0.25, 0.3) is 0 Å². The first-order valence-corrected chi connectivity index (χ1v) is 9.25. The Morgan fingerprint density at radius 1 is 1.03 bits per heavy atom. The smallest absolute Gasteiger partial charge is 0.312 e. The van der Waals surface area contributed by atoms with Crippen molar-refractivity contribution >= 4 is 17.9 Å². The lowest BCUT2D eigenvalue weighted by Gasteiger charge is -2.19. The van der Waals surface area contributed by atoms with Crippen LogP contribution < -0.4 is 21.1 Å². The molecule has 2 aromatic rings.